The maximum atomic E-state index is 12.1. The van der Waals surface area contributed by atoms with Crippen LogP contribution in [0.1, 0.15) is 25.3 Å². The molecule has 1 aromatic rings. The average Bonchev–Trinajstić information content (AvgIpc) is 2.58. The van der Waals surface area contributed by atoms with Crippen LogP contribution in [0, 0.1) is 16.0 Å². The van der Waals surface area contributed by atoms with Gasteiger partial charge in [-0.05, 0) is 43.1 Å². The minimum atomic E-state index is -0.622. The number of nitro groups is 1. The first-order valence-corrected chi connectivity index (χ1v) is 8.67. The van der Waals surface area contributed by atoms with E-state index in [0.717, 1.165) is 31.6 Å². The van der Waals surface area contributed by atoms with Gasteiger partial charge in [-0.1, -0.05) is 6.92 Å². The Labute approximate surface area is 155 Å². The number of hydrogen-bond donors (Lipinski definition) is 2. The molecule has 1 aromatic carbocycles. The number of rotatable bonds is 3. The van der Waals surface area contributed by atoms with Gasteiger partial charge < -0.3 is 4.90 Å². The number of carbonyl (C=O) groups is 2. The molecule has 0 radical (unpaired) electrons. The van der Waals surface area contributed by atoms with Crippen LogP contribution in [-0.4, -0.2) is 34.9 Å². The predicted octanol–water partition coefficient (Wildman–Crippen LogP) is 1.75. The van der Waals surface area contributed by atoms with Crippen LogP contribution in [-0.2, 0) is 9.59 Å². The van der Waals surface area contributed by atoms with Crippen molar-refractivity contribution in [3.8, 4) is 0 Å². The van der Waals surface area contributed by atoms with Crippen molar-refractivity contribution in [2.24, 2.45) is 5.92 Å². The van der Waals surface area contributed by atoms with E-state index in [4.69, 9.17) is 12.2 Å². The molecule has 2 aliphatic heterocycles. The van der Waals surface area contributed by atoms with Gasteiger partial charge in [0, 0.05) is 36.5 Å². The van der Waals surface area contributed by atoms with Gasteiger partial charge in [-0.3, -0.25) is 30.3 Å². The fraction of sp³-hybridized carbons (Fsp3) is 0.353. The van der Waals surface area contributed by atoms with Crippen molar-refractivity contribution in [1.82, 2.24) is 10.6 Å². The molecule has 136 valence electrons. The molecular weight excluding hydrogens is 356 g/mol. The van der Waals surface area contributed by atoms with Gasteiger partial charge >= 0.3 is 0 Å². The van der Waals surface area contributed by atoms with Crippen LogP contribution < -0.4 is 15.5 Å². The van der Waals surface area contributed by atoms with E-state index >= 15 is 0 Å². The number of nitrogens with zero attached hydrogens (tertiary/aromatic N) is 2. The minimum absolute atomic E-state index is 0.0542. The van der Waals surface area contributed by atoms with Gasteiger partial charge in [0.1, 0.15) is 5.57 Å². The number of carbonyl (C=O) groups excluding carboxylic acids is 2. The smallest absolute Gasteiger partial charge is 0.270 e. The van der Waals surface area contributed by atoms with Gasteiger partial charge in [-0.25, -0.2) is 0 Å². The largest absolute Gasteiger partial charge is 0.371 e. The topological polar surface area (TPSA) is 105 Å². The number of piperidine rings is 1. The Morgan fingerprint density at radius 3 is 2.42 bits per heavy atom. The van der Waals surface area contributed by atoms with E-state index in [9.17, 15) is 19.7 Å². The molecular formula is C17H18N4O4S. The number of amides is 2. The van der Waals surface area contributed by atoms with Crippen molar-refractivity contribution in [1.29, 1.82) is 0 Å². The summed E-state index contributed by atoms with van der Waals surface area (Å²) in [6.45, 7) is 3.82. The fourth-order valence-electron chi connectivity index (χ4n) is 3.07. The fourth-order valence-corrected chi connectivity index (χ4v) is 3.26. The third-order valence-electron chi connectivity index (χ3n) is 4.59. The second-order valence-corrected chi connectivity index (χ2v) is 6.87. The molecule has 0 aromatic heterocycles. The van der Waals surface area contributed by atoms with Crippen LogP contribution in [0.3, 0.4) is 0 Å². The van der Waals surface area contributed by atoms with Crippen molar-refractivity contribution < 1.29 is 14.5 Å². The van der Waals surface area contributed by atoms with Crippen molar-refractivity contribution in [3.63, 3.8) is 0 Å². The molecule has 26 heavy (non-hydrogen) atoms. The van der Waals surface area contributed by atoms with E-state index < -0.39 is 16.7 Å². The Morgan fingerprint density at radius 2 is 1.85 bits per heavy atom. The molecule has 2 aliphatic rings. The zero-order valence-corrected chi connectivity index (χ0v) is 15.0. The van der Waals surface area contributed by atoms with E-state index in [-0.39, 0.29) is 16.4 Å². The first-order valence-electron chi connectivity index (χ1n) is 8.27. The predicted molar refractivity (Wildman–Crippen MR) is 101 cm³/mol. The molecule has 0 unspecified atom stereocenters. The maximum Gasteiger partial charge on any atom is 0.270 e. The number of anilines is 1. The van der Waals surface area contributed by atoms with Gasteiger partial charge in [0.05, 0.1) is 4.92 Å². The number of thiocarbonyl (C=S) groups is 1. The molecule has 0 spiro atoms. The molecule has 3 rings (SSSR count). The SMILES string of the molecule is CC1CCN(c2ccc([N+](=O)[O-])cc2C=C2C(=O)NC(=S)NC2=O)CC1. The quantitative estimate of drug-likeness (QED) is 0.275. The van der Waals surface area contributed by atoms with Gasteiger partial charge in [-0.15, -0.1) is 0 Å². The molecule has 2 N–H and O–H groups in total. The van der Waals surface area contributed by atoms with Crippen molar-refractivity contribution in [2.75, 3.05) is 18.0 Å². The van der Waals surface area contributed by atoms with Crippen molar-refractivity contribution >= 4 is 46.6 Å². The molecule has 8 nitrogen and oxygen atoms in total. The lowest BCUT2D eigenvalue weighted by Gasteiger charge is -2.33. The van der Waals surface area contributed by atoms with Gasteiger partial charge in [0.15, 0.2) is 5.11 Å². The van der Waals surface area contributed by atoms with Crippen LogP contribution in [0.15, 0.2) is 23.8 Å². The third-order valence-corrected chi connectivity index (χ3v) is 4.79. The highest BCUT2D eigenvalue weighted by atomic mass is 32.1. The van der Waals surface area contributed by atoms with Gasteiger partial charge in [0.25, 0.3) is 17.5 Å². The normalized spacial score (nSPS) is 18.4. The Kier molecular flexibility index (Phi) is 4.99. The van der Waals surface area contributed by atoms with E-state index in [1.807, 2.05) is 0 Å². The summed E-state index contributed by atoms with van der Waals surface area (Å²) in [6, 6.07) is 4.49. The Bertz CT molecular complexity index is 806. The van der Waals surface area contributed by atoms with E-state index in [1.54, 1.807) is 6.07 Å². The summed E-state index contributed by atoms with van der Waals surface area (Å²) in [4.78, 5) is 37.0. The lowest BCUT2D eigenvalue weighted by Crippen LogP contribution is -2.51. The molecule has 0 atom stereocenters. The van der Waals surface area contributed by atoms with Crippen molar-refractivity contribution in [3.05, 3.63) is 39.4 Å². The highest BCUT2D eigenvalue weighted by Crippen LogP contribution is 2.31. The summed E-state index contributed by atoms with van der Waals surface area (Å²) in [5.74, 6) is -0.617. The van der Waals surface area contributed by atoms with Crippen LogP contribution in [0.25, 0.3) is 6.08 Å². The summed E-state index contributed by atoms with van der Waals surface area (Å²) in [6.07, 6.45) is 3.41. The summed E-state index contributed by atoms with van der Waals surface area (Å²) >= 11 is 4.78. The summed E-state index contributed by atoms with van der Waals surface area (Å²) < 4.78 is 0. The van der Waals surface area contributed by atoms with Crippen LogP contribution in [0.2, 0.25) is 0 Å². The number of nitro benzene ring substituents is 1. The number of benzene rings is 1. The van der Waals surface area contributed by atoms with Crippen LogP contribution in [0.4, 0.5) is 11.4 Å². The van der Waals surface area contributed by atoms with Gasteiger partial charge in [0.2, 0.25) is 0 Å². The molecule has 2 heterocycles. The van der Waals surface area contributed by atoms with Gasteiger partial charge in [-0.2, -0.15) is 0 Å². The highest BCUT2D eigenvalue weighted by molar-refractivity contribution is 7.80. The molecule has 0 bridgehead atoms. The minimum Gasteiger partial charge on any atom is -0.371 e. The molecule has 0 saturated carbocycles. The molecule has 2 fully saturated rings. The first-order chi connectivity index (χ1) is 12.3. The third kappa shape index (κ3) is 3.72. The highest BCUT2D eigenvalue weighted by Gasteiger charge is 2.27. The van der Waals surface area contributed by atoms with Crippen LogP contribution in [0.5, 0.6) is 0 Å². The lowest BCUT2D eigenvalue weighted by molar-refractivity contribution is -0.384. The molecule has 9 heteroatoms. The standard InChI is InChI=1S/C17H18N4O4S/c1-10-4-6-20(7-5-10)14-3-2-12(21(24)25)8-11(14)9-13-15(22)18-17(26)19-16(13)23/h2-3,8-10H,4-7H2,1H3,(H2,18,19,22,23,26). The maximum absolute atomic E-state index is 12.1. The molecule has 2 saturated heterocycles. The molecule has 0 aliphatic carbocycles. The lowest BCUT2D eigenvalue weighted by atomic mass is 9.97. The monoisotopic (exact) mass is 374 g/mol. The Balaban J connectivity index is 2.03. The van der Waals surface area contributed by atoms with Crippen molar-refractivity contribution in [2.45, 2.75) is 19.8 Å². The summed E-state index contributed by atoms with van der Waals surface area (Å²) in [5.41, 5.74) is 0.995. The summed E-state index contributed by atoms with van der Waals surface area (Å²) in [7, 11) is 0. The average molecular weight is 374 g/mol. The summed E-state index contributed by atoms with van der Waals surface area (Å²) in [5, 5.41) is 15.8. The molecule has 2 amide bonds. The van der Waals surface area contributed by atoms with E-state index in [2.05, 4.69) is 22.5 Å². The Hall–Kier alpha value is -2.81. The second-order valence-electron chi connectivity index (χ2n) is 6.47. The first kappa shape index (κ1) is 18.0. The Morgan fingerprint density at radius 1 is 1.23 bits per heavy atom. The number of nitrogens with one attached hydrogen (secondary N) is 2. The zero-order valence-electron chi connectivity index (χ0n) is 14.2. The number of hydrogen-bond acceptors (Lipinski definition) is 6. The zero-order chi connectivity index (χ0) is 18.8. The number of non-ortho nitro benzene ring substituents is 1. The van der Waals surface area contributed by atoms with Crippen LogP contribution >= 0.6 is 12.2 Å². The second kappa shape index (κ2) is 7.20. The van der Waals surface area contributed by atoms with E-state index in [0.29, 0.717) is 11.5 Å². The van der Waals surface area contributed by atoms with E-state index in [1.165, 1.54) is 18.2 Å².